The highest BCUT2D eigenvalue weighted by Crippen LogP contribution is 2.18. The van der Waals surface area contributed by atoms with Crippen LogP contribution >= 0.6 is 0 Å². The normalized spacial score (nSPS) is 15.7. The third kappa shape index (κ3) is 4.29. The van der Waals surface area contributed by atoms with Crippen molar-refractivity contribution < 1.29 is 9.59 Å². The number of benzene rings is 1. The first-order chi connectivity index (χ1) is 10.1. The molecule has 1 aromatic rings. The molecule has 1 saturated heterocycles. The number of anilines is 1. The predicted molar refractivity (Wildman–Crippen MR) is 83.2 cm³/mol. The van der Waals surface area contributed by atoms with Crippen molar-refractivity contribution in [3.8, 4) is 0 Å². The van der Waals surface area contributed by atoms with E-state index in [1.807, 2.05) is 18.2 Å². The zero-order valence-corrected chi connectivity index (χ0v) is 12.7. The number of nitrogens with zero attached hydrogens (tertiary/aromatic N) is 1. The van der Waals surface area contributed by atoms with Gasteiger partial charge in [0.15, 0.2) is 0 Å². The molecule has 2 N–H and O–H groups in total. The first-order valence-electron chi connectivity index (χ1n) is 7.49. The molecule has 0 aromatic heterocycles. The number of nitrogens with one attached hydrogen (secondary N) is 2. The minimum atomic E-state index is -0.558. The van der Waals surface area contributed by atoms with Crippen LogP contribution in [-0.4, -0.2) is 42.9 Å². The summed E-state index contributed by atoms with van der Waals surface area (Å²) < 4.78 is 0. The maximum absolute atomic E-state index is 12.2. The second-order valence-corrected chi connectivity index (χ2v) is 5.63. The van der Waals surface area contributed by atoms with E-state index >= 15 is 0 Å². The van der Waals surface area contributed by atoms with E-state index in [0.717, 1.165) is 25.1 Å². The van der Waals surface area contributed by atoms with E-state index in [1.54, 1.807) is 11.0 Å². The summed E-state index contributed by atoms with van der Waals surface area (Å²) in [5.41, 5.74) is 1.81. The molecule has 114 valence electrons. The molecule has 1 aliphatic heterocycles. The lowest BCUT2D eigenvalue weighted by atomic mass is 10.0. The van der Waals surface area contributed by atoms with Crippen LogP contribution in [0.15, 0.2) is 24.3 Å². The van der Waals surface area contributed by atoms with Crippen LogP contribution in [0.1, 0.15) is 31.7 Å². The van der Waals surface area contributed by atoms with Crippen LogP contribution in [-0.2, 0) is 9.59 Å². The Balaban J connectivity index is 2.00. The smallest absolute Gasteiger partial charge is 0.313 e. The fourth-order valence-corrected chi connectivity index (χ4v) is 2.35. The van der Waals surface area contributed by atoms with Gasteiger partial charge in [-0.15, -0.1) is 0 Å². The summed E-state index contributed by atoms with van der Waals surface area (Å²) in [5.74, 6) is -0.624. The first kappa shape index (κ1) is 15.5. The molecule has 5 heteroatoms. The highest BCUT2D eigenvalue weighted by Gasteiger charge is 2.22. The number of hydrogen-bond donors (Lipinski definition) is 2. The van der Waals surface area contributed by atoms with Crippen molar-refractivity contribution in [2.75, 3.05) is 31.5 Å². The van der Waals surface area contributed by atoms with Gasteiger partial charge >= 0.3 is 11.8 Å². The van der Waals surface area contributed by atoms with Gasteiger partial charge in [0, 0.05) is 25.3 Å². The Hall–Kier alpha value is -1.88. The fourth-order valence-electron chi connectivity index (χ4n) is 2.35. The zero-order chi connectivity index (χ0) is 15.2. The van der Waals surface area contributed by atoms with E-state index in [2.05, 4.69) is 24.5 Å². The monoisotopic (exact) mass is 289 g/mol. The van der Waals surface area contributed by atoms with Gasteiger partial charge in [0.1, 0.15) is 0 Å². The Morgan fingerprint density at radius 3 is 2.81 bits per heavy atom. The molecule has 0 atom stereocenters. The van der Waals surface area contributed by atoms with Crippen molar-refractivity contribution in [1.29, 1.82) is 0 Å². The molecular weight excluding hydrogens is 266 g/mol. The standard InChI is InChI=1S/C16H23N3O2/c1-12(2)13-5-3-6-14(11-13)18-15(20)16(21)19-9-4-7-17-8-10-19/h3,5-6,11-12,17H,4,7-10H2,1-2H3,(H,18,20). The van der Waals surface area contributed by atoms with Crippen LogP contribution in [0.5, 0.6) is 0 Å². The van der Waals surface area contributed by atoms with Crippen molar-refractivity contribution in [3.63, 3.8) is 0 Å². The molecule has 21 heavy (non-hydrogen) atoms. The summed E-state index contributed by atoms with van der Waals surface area (Å²) in [6.07, 6.45) is 0.877. The lowest BCUT2D eigenvalue weighted by molar-refractivity contribution is -0.143. The van der Waals surface area contributed by atoms with Crippen molar-refractivity contribution in [2.45, 2.75) is 26.2 Å². The number of carbonyl (C=O) groups is 2. The average molecular weight is 289 g/mol. The Morgan fingerprint density at radius 2 is 2.05 bits per heavy atom. The molecular formula is C16H23N3O2. The average Bonchev–Trinajstić information content (AvgIpc) is 2.75. The molecule has 1 aliphatic rings. The Morgan fingerprint density at radius 1 is 1.24 bits per heavy atom. The Labute approximate surface area is 125 Å². The van der Waals surface area contributed by atoms with Crippen LogP contribution in [0, 0.1) is 0 Å². The number of amides is 2. The summed E-state index contributed by atoms with van der Waals surface area (Å²) in [5, 5.41) is 5.92. The van der Waals surface area contributed by atoms with Gasteiger partial charge in [0.05, 0.1) is 0 Å². The van der Waals surface area contributed by atoms with Gasteiger partial charge in [-0.25, -0.2) is 0 Å². The van der Waals surface area contributed by atoms with Gasteiger partial charge in [-0.2, -0.15) is 0 Å². The molecule has 2 rings (SSSR count). The number of carbonyl (C=O) groups excluding carboxylic acids is 2. The lowest BCUT2D eigenvalue weighted by Gasteiger charge is -2.19. The molecule has 0 spiro atoms. The Bertz CT molecular complexity index is 506. The van der Waals surface area contributed by atoms with Crippen molar-refractivity contribution in [2.24, 2.45) is 0 Å². The quantitative estimate of drug-likeness (QED) is 0.812. The summed E-state index contributed by atoms with van der Waals surface area (Å²) in [6.45, 7) is 7.03. The SMILES string of the molecule is CC(C)c1cccc(NC(=O)C(=O)N2CCCNCC2)c1. The second-order valence-electron chi connectivity index (χ2n) is 5.63. The lowest BCUT2D eigenvalue weighted by Crippen LogP contribution is -2.41. The maximum Gasteiger partial charge on any atom is 0.313 e. The third-order valence-corrected chi connectivity index (χ3v) is 3.63. The highest BCUT2D eigenvalue weighted by molar-refractivity contribution is 6.39. The molecule has 1 fully saturated rings. The van der Waals surface area contributed by atoms with E-state index in [-0.39, 0.29) is 0 Å². The molecule has 1 aromatic carbocycles. The predicted octanol–water partition coefficient (Wildman–Crippen LogP) is 1.57. The van der Waals surface area contributed by atoms with E-state index in [1.165, 1.54) is 0 Å². The highest BCUT2D eigenvalue weighted by atomic mass is 16.2. The largest absolute Gasteiger partial charge is 0.333 e. The molecule has 0 bridgehead atoms. The summed E-state index contributed by atoms with van der Waals surface area (Å²) in [4.78, 5) is 25.9. The second kappa shape index (κ2) is 7.22. The van der Waals surface area contributed by atoms with Crippen molar-refractivity contribution >= 4 is 17.5 Å². The number of hydrogen-bond acceptors (Lipinski definition) is 3. The van der Waals surface area contributed by atoms with Gasteiger partial charge in [-0.05, 0) is 36.6 Å². The fraction of sp³-hybridized carbons (Fsp3) is 0.500. The molecule has 0 aliphatic carbocycles. The maximum atomic E-state index is 12.2. The van der Waals surface area contributed by atoms with Crippen LogP contribution < -0.4 is 10.6 Å². The molecule has 0 radical (unpaired) electrons. The molecule has 5 nitrogen and oxygen atoms in total. The van der Waals surface area contributed by atoms with Crippen molar-refractivity contribution in [1.82, 2.24) is 10.2 Å². The molecule has 0 saturated carbocycles. The number of rotatable bonds is 2. The van der Waals surface area contributed by atoms with E-state index < -0.39 is 11.8 Å². The van der Waals surface area contributed by atoms with E-state index in [0.29, 0.717) is 24.7 Å². The third-order valence-electron chi connectivity index (χ3n) is 3.63. The van der Waals surface area contributed by atoms with Crippen LogP contribution in [0.25, 0.3) is 0 Å². The zero-order valence-electron chi connectivity index (χ0n) is 12.7. The van der Waals surface area contributed by atoms with Crippen LogP contribution in [0.4, 0.5) is 5.69 Å². The van der Waals surface area contributed by atoms with Gasteiger partial charge < -0.3 is 15.5 Å². The summed E-state index contributed by atoms with van der Waals surface area (Å²) in [7, 11) is 0. The topological polar surface area (TPSA) is 61.4 Å². The minimum absolute atomic E-state index is 0.384. The Kier molecular flexibility index (Phi) is 5.33. The molecule has 1 heterocycles. The van der Waals surface area contributed by atoms with E-state index in [4.69, 9.17) is 0 Å². The van der Waals surface area contributed by atoms with Gasteiger partial charge in [0.2, 0.25) is 0 Å². The van der Waals surface area contributed by atoms with Crippen LogP contribution in [0.2, 0.25) is 0 Å². The van der Waals surface area contributed by atoms with Gasteiger partial charge in [-0.1, -0.05) is 26.0 Å². The van der Waals surface area contributed by atoms with Crippen LogP contribution in [0.3, 0.4) is 0 Å². The van der Waals surface area contributed by atoms with Gasteiger partial charge in [-0.3, -0.25) is 9.59 Å². The minimum Gasteiger partial charge on any atom is -0.333 e. The molecule has 2 amide bonds. The van der Waals surface area contributed by atoms with Gasteiger partial charge in [0.25, 0.3) is 0 Å². The van der Waals surface area contributed by atoms with E-state index in [9.17, 15) is 9.59 Å². The summed E-state index contributed by atoms with van der Waals surface area (Å²) in [6, 6.07) is 7.63. The molecule has 0 unspecified atom stereocenters. The first-order valence-corrected chi connectivity index (χ1v) is 7.49. The summed E-state index contributed by atoms with van der Waals surface area (Å²) >= 11 is 0. The van der Waals surface area contributed by atoms with Crippen molar-refractivity contribution in [3.05, 3.63) is 29.8 Å².